The van der Waals surface area contributed by atoms with Crippen molar-refractivity contribution < 1.29 is 4.79 Å². The maximum absolute atomic E-state index is 11.2. The standard InChI is InChI=1S/C9H16N2O/c1-8(2)11-7-9(12)5-4-6-10(11)3/h1,4-7H2,2-3H3. The molecule has 0 bridgehead atoms. The van der Waals surface area contributed by atoms with E-state index in [9.17, 15) is 4.79 Å². The molecule has 0 saturated carbocycles. The van der Waals surface area contributed by atoms with Crippen molar-refractivity contribution in [2.24, 2.45) is 0 Å². The Morgan fingerprint density at radius 2 is 2.25 bits per heavy atom. The molecule has 1 fully saturated rings. The maximum atomic E-state index is 11.2. The van der Waals surface area contributed by atoms with Crippen LogP contribution in [0.3, 0.4) is 0 Å². The zero-order valence-electron chi connectivity index (χ0n) is 7.84. The average molecular weight is 168 g/mol. The molecule has 0 aliphatic carbocycles. The number of carbonyl (C=O) groups excluding carboxylic acids is 1. The third-order valence-corrected chi connectivity index (χ3v) is 2.12. The van der Waals surface area contributed by atoms with E-state index in [0.29, 0.717) is 18.7 Å². The lowest BCUT2D eigenvalue weighted by molar-refractivity contribution is -0.121. The molecule has 1 aliphatic heterocycles. The Balaban J connectivity index is 2.67. The zero-order chi connectivity index (χ0) is 9.14. The molecule has 1 heterocycles. The Morgan fingerprint density at radius 3 is 2.83 bits per heavy atom. The van der Waals surface area contributed by atoms with Crippen LogP contribution in [0.1, 0.15) is 19.8 Å². The van der Waals surface area contributed by atoms with Gasteiger partial charge in [0.2, 0.25) is 0 Å². The highest BCUT2D eigenvalue weighted by Gasteiger charge is 2.18. The fourth-order valence-corrected chi connectivity index (χ4v) is 1.42. The fourth-order valence-electron chi connectivity index (χ4n) is 1.42. The number of carbonyl (C=O) groups is 1. The molecule has 3 heteroatoms. The molecule has 0 spiro atoms. The molecule has 12 heavy (non-hydrogen) atoms. The summed E-state index contributed by atoms with van der Waals surface area (Å²) < 4.78 is 0. The summed E-state index contributed by atoms with van der Waals surface area (Å²) in [4.78, 5) is 11.2. The fraction of sp³-hybridized carbons (Fsp3) is 0.667. The summed E-state index contributed by atoms with van der Waals surface area (Å²) in [5.74, 6) is 0.308. The number of hydrazine groups is 1. The molecule has 0 aromatic rings. The largest absolute Gasteiger partial charge is 0.304 e. The van der Waals surface area contributed by atoms with Gasteiger partial charge in [0.05, 0.1) is 6.54 Å². The van der Waals surface area contributed by atoms with Crippen LogP contribution in [0.4, 0.5) is 0 Å². The van der Waals surface area contributed by atoms with Crippen LogP contribution in [0, 0.1) is 0 Å². The molecule has 1 saturated heterocycles. The van der Waals surface area contributed by atoms with E-state index in [1.165, 1.54) is 0 Å². The third kappa shape index (κ3) is 2.08. The van der Waals surface area contributed by atoms with Crippen LogP contribution in [-0.2, 0) is 4.79 Å². The van der Waals surface area contributed by atoms with Gasteiger partial charge < -0.3 is 5.01 Å². The van der Waals surface area contributed by atoms with Crippen LogP contribution in [0.5, 0.6) is 0 Å². The van der Waals surface area contributed by atoms with Crippen LogP contribution < -0.4 is 0 Å². The average Bonchev–Trinajstić information content (AvgIpc) is 2.13. The Hall–Kier alpha value is -0.830. The van der Waals surface area contributed by atoms with Gasteiger partial charge in [-0.1, -0.05) is 6.58 Å². The Morgan fingerprint density at radius 1 is 1.58 bits per heavy atom. The van der Waals surface area contributed by atoms with Crippen molar-refractivity contribution in [3.63, 3.8) is 0 Å². The van der Waals surface area contributed by atoms with Crippen molar-refractivity contribution in [1.29, 1.82) is 0 Å². The van der Waals surface area contributed by atoms with Gasteiger partial charge in [-0.2, -0.15) is 0 Å². The third-order valence-electron chi connectivity index (χ3n) is 2.12. The first-order valence-electron chi connectivity index (χ1n) is 4.27. The number of Topliss-reactive ketones (excluding diaryl/α,β-unsaturated/α-hetero) is 1. The molecule has 0 N–H and O–H groups in total. The summed E-state index contributed by atoms with van der Waals surface area (Å²) in [6.07, 6.45) is 1.66. The highest BCUT2D eigenvalue weighted by atomic mass is 16.1. The lowest BCUT2D eigenvalue weighted by Gasteiger charge is -2.31. The maximum Gasteiger partial charge on any atom is 0.153 e. The summed E-state index contributed by atoms with van der Waals surface area (Å²) in [5, 5.41) is 4.00. The lowest BCUT2D eigenvalue weighted by Crippen LogP contribution is -2.39. The van der Waals surface area contributed by atoms with Crippen molar-refractivity contribution >= 4 is 5.78 Å². The monoisotopic (exact) mass is 168 g/mol. The Labute approximate surface area is 73.6 Å². The molecule has 68 valence electrons. The quantitative estimate of drug-likeness (QED) is 0.584. The van der Waals surface area contributed by atoms with Gasteiger partial charge in [-0.05, 0) is 13.3 Å². The van der Waals surface area contributed by atoms with Crippen LogP contribution in [0.25, 0.3) is 0 Å². The summed E-state index contributed by atoms with van der Waals surface area (Å²) in [5.41, 5.74) is 0.938. The second-order valence-electron chi connectivity index (χ2n) is 3.32. The molecular weight excluding hydrogens is 152 g/mol. The van der Waals surface area contributed by atoms with Gasteiger partial charge in [0.1, 0.15) is 0 Å². The smallest absolute Gasteiger partial charge is 0.153 e. The summed E-state index contributed by atoms with van der Waals surface area (Å²) >= 11 is 0. The van der Waals surface area contributed by atoms with Crippen LogP contribution >= 0.6 is 0 Å². The normalized spacial score (nSPS) is 20.8. The first-order valence-corrected chi connectivity index (χ1v) is 4.27. The number of rotatable bonds is 1. The minimum atomic E-state index is 0.308. The lowest BCUT2D eigenvalue weighted by atomic mass is 10.2. The molecule has 3 nitrogen and oxygen atoms in total. The minimum absolute atomic E-state index is 0.308. The Kier molecular flexibility index (Phi) is 2.87. The zero-order valence-corrected chi connectivity index (χ0v) is 7.84. The summed E-state index contributed by atoms with van der Waals surface area (Å²) in [6, 6.07) is 0. The first kappa shape index (κ1) is 9.26. The summed E-state index contributed by atoms with van der Waals surface area (Å²) in [7, 11) is 1.99. The van der Waals surface area contributed by atoms with E-state index in [0.717, 1.165) is 18.7 Å². The highest BCUT2D eigenvalue weighted by molar-refractivity contribution is 5.80. The van der Waals surface area contributed by atoms with Crippen molar-refractivity contribution in [1.82, 2.24) is 10.0 Å². The van der Waals surface area contributed by atoms with E-state index in [1.807, 2.05) is 19.0 Å². The van der Waals surface area contributed by atoms with Crippen LogP contribution in [-0.4, -0.2) is 35.9 Å². The predicted octanol–water partition coefficient (Wildman–Crippen LogP) is 1.03. The number of nitrogens with zero attached hydrogens (tertiary/aromatic N) is 2. The molecule has 1 rings (SSSR count). The van der Waals surface area contributed by atoms with Gasteiger partial charge in [0.25, 0.3) is 0 Å². The first-order chi connectivity index (χ1) is 5.61. The minimum Gasteiger partial charge on any atom is -0.304 e. The predicted molar refractivity (Wildman–Crippen MR) is 48.4 cm³/mol. The van der Waals surface area contributed by atoms with E-state index in [-0.39, 0.29) is 0 Å². The summed E-state index contributed by atoms with van der Waals surface area (Å²) in [6.45, 7) is 7.20. The van der Waals surface area contributed by atoms with Crippen molar-refractivity contribution in [3.05, 3.63) is 12.3 Å². The van der Waals surface area contributed by atoms with Crippen LogP contribution in [0.15, 0.2) is 12.3 Å². The molecule has 0 unspecified atom stereocenters. The van der Waals surface area contributed by atoms with Gasteiger partial charge in [0, 0.05) is 25.7 Å². The second-order valence-corrected chi connectivity index (χ2v) is 3.32. The topological polar surface area (TPSA) is 23.6 Å². The van der Waals surface area contributed by atoms with Crippen molar-refractivity contribution in [2.75, 3.05) is 20.1 Å². The SMILES string of the molecule is C=C(C)N1CC(=O)CCCN1C. The molecule has 0 radical (unpaired) electrons. The van der Waals surface area contributed by atoms with E-state index in [4.69, 9.17) is 0 Å². The van der Waals surface area contributed by atoms with Gasteiger partial charge in [-0.3, -0.25) is 4.79 Å². The van der Waals surface area contributed by atoms with Gasteiger partial charge >= 0.3 is 0 Å². The number of allylic oxidation sites excluding steroid dienone is 1. The second kappa shape index (κ2) is 3.72. The van der Waals surface area contributed by atoms with Crippen molar-refractivity contribution in [3.8, 4) is 0 Å². The molecule has 1 aliphatic rings. The molecule has 0 amide bonds. The highest BCUT2D eigenvalue weighted by Crippen LogP contribution is 2.10. The van der Waals surface area contributed by atoms with Crippen molar-refractivity contribution in [2.45, 2.75) is 19.8 Å². The molecule has 0 aromatic heterocycles. The van der Waals surface area contributed by atoms with Gasteiger partial charge in [0.15, 0.2) is 5.78 Å². The number of hydrogen-bond donors (Lipinski definition) is 0. The number of hydrogen-bond acceptors (Lipinski definition) is 3. The van der Waals surface area contributed by atoms with Gasteiger partial charge in [-0.25, -0.2) is 5.01 Å². The van der Waals surface area contributed by atoms with Crippen LogP contribution in [0.2, 0.25) is 0 Å². The molecular formula is C9H16N2O. The van der Waals surface area contributed by atoms with Gasteiger partial charge in [-0.15, -0.1) is 0 Å². The van der Waals surface area contributed by atoms with E-state index in [1.54, 1.807) is 0 Å². The molecule has 0 aromatic carbocycles. The Bertz CT molecular complexity index is 199. The van der Waals surface area contributed by atoms with E-state index < -0.39 is 0 Å². The van der Waals surface area contributed by atoms with E-state index in [2.05, 4.69) is 11.6 Å². The molecule has 0 atom stereocenters. The number of ketones is 1. The van der Waals surface area contributed by atoms with E-state index >= 15 is 0 Å².